The van der Waals surface area contributed by atoms with E-state index in [1.807, 2.05) is 0 Å². The van der Waals surface area contributed by atoms with E-state index < -0.39 is 29.7 Å². The van der Waals surface area contributed by atoms with Crippen LogP contribution in [0.1, 0.15) is 11.3 Å². The molecule has 1 amide bonds. The van der Waals surface area contributed by atoms with Gasteiger partial charge in [-0.1, -0.05) is 59.6 Å². The van der Waals surface area contributed by atoms with Crippen molar-refractivity contribution >= 4 is 40.9 Å². The molecule has 11 heteroatoms. The van der Waals surface area contributed by atoms with Crippen LogP contribution in [0.25, 0.3) is 0 Å². The number of benzene rings is 2. The summed E-state index contributed by atoms with van der Waals surface area (Å²) in [4.78, 5) is 20.7. The Labute approximate surface area is 185 Å². The Bertz CT molecular complexity index is 1080. The van der Waals surface area contributed by atoms with Gasteiger partial charge in [-0.15, -0.1) is 0 Å². The second-order valence-corrected chi connectivity index (χ2v) is 7.13. The molecule has 0 unspecified atom stereocenters. The number of halogens is 5. The van der Waals surface area contributed by atoms with Crippen LogP contribution in [0.3, 0.4) is 0 Å². The van der Waals surface area contributed by atoms with Crippen molar-refractivity contribution in [3.8, 4) is 5.75 Å². The van der Waals surface area contributed by atoms with Crippen molar-refractivity contribution in [3.05, 3.63) is 76.0 Å². The van der Waals surface area contributed by atoms with Gasteiger partial charge in [-0.25, -0.2) is 14.8 Å². The van der Waals surface area contributed by atoms with Gasteiger partial charge in [-0.3, -0.25) is 0 Å². The second kappa shape index (κ2) is 9.40. The van der Waals surface area contributed by atoms with Crippen molar-refractivity contribution in [3.63, 3.8) is 0 Å². The van der Waals surface area contributed by atoms with E-state index in [9.17, 15) is 18.0 Å². The lowest BCUT2D eigenvalue weighted by Gasteiger charge is -2.18. The van der Waals surface area contributed by atoms with Crippen LogP contribution < -0.4 is 10.1 Å². The summed E-state index contributed by atoms with van der Waals surface area (Å²) in [6, 6.07) is 13.5. The van der Waals surface area contributed by atoms with Crippen molar-refractivity contribution in [2.75, 3.05) is 12.4 Å². The van der Waals surface area contributed by atoms with Crippen molar-refractivity contribution in [1.29, 1.82) is 0 Å². The number of nitrogens with one attached hydrogen (secondary N) is 1. The van der Waals surface area contributed by atoms with Crippen molar-refractivity contribution in [2.45, 2.75) is 12.7 Å². The lowest BCUT2D eigenvalue weighted by atomic mass is 10.2. The van der Waals surface area contributed by atoms with Gasteiger partial charge < -0.3 is 15.0 Å². The number of anilines is 2. The summed E-state index contributed by atoms with van der Waals surface area (Å²) in [7, 11) is 1.40. The molecule has 1 aromatic heterocycles. The third-order valence-electron chi connectivity index (χ3n) is 3.99. The Morgan fingerprint density at radius 1 is 1.13 bits per heavy atom. The second-order valence-electron chi connectivity index (χ2n) is 6.34. The first kappa shape index (κ1) is 22.6. The molecule has 2 aromatic carbocycles. The largest absolute Gasteiger partial charge is 0.437 e. The maximum absolute atomic E-state index is 13.5. The number of alkyl halides is 3. The fourth-order valence-electron chi connectivity index (χ4n) is 2.52. The van der Waals surface area contributed by atoms with Crippen LogP contribution in [0.5, 0.6) is 5.75 Å². The first-order chi connectivity index (χ1) is 14.6. The zero-order valence-electron chi connectivity index (χ0n) is 16.0. The summed E-state index contributed by atoms with van der Waals surface area (Å²) in [5.74, 6) is -1.21. The monoisotopic (exact) mass is 470 g/mol. The number of aromatic nitrogens is 2. The molecule has 1 heterocycles. The van der Waals surface area contributed by atoms with Crippen LogP contribution in [0.15, 0.2) is 54.7 Å². The van der Waals surface area contributed by atoms with Gasteiger partial charge in [-0.2, -0.15) is 13.2 Å². The van der Waals surface area contributed by atoms with E-state index in [-0.39, 0.29) is 22.3 Å². The first-order valence-corrected chi connectivity index (χ1v) is 9.53. The van der Waals surface area contributed by atoms with E-state index >= 15 is 0 Å². The molecule has 3 rings (SSSR count). The third kappa shape index (κ3) is 5.77. The van der Waals surface area contributed by atoms with Gasteiger partial charge in [0.1, 0.15) is 0 Å². The molecule has 0 spiro atoms. The van der Waals surface area contributed by atoms with Gasteiger partial charge in [0.2, 0.25) is 5.95 Å². The number of carbonyl (C=O) groups is 1. The number of amides is 1. The Hall–Kier alpha value is -3.04. The van der Waals surface area contributed by atoms with Gasteiger partial charge in [0, 0.05) is 13.6 Å². The first-order valence-electron chi connectivity index (χ1n) is 8.77. The average molecular weight is 471 g/mol. The molecule has 6 nitrogen and oxygen atoms in total. The number of rotatable bonds is 5. The smallest absolute Gasteiger partial charge is 0.406 e. The number of hydrogen-bond acceptors (Lipinski definition) is 5. The number of ether oxygens (including phenoxy) is 1. The molecule has 0 atom stereocenters. The molecule has 0 saturated carbocycles. The Balaban J connectivity index is 1.81. The molecular weight excluding hydrogens is 456 g/mol. The predicted molar refractivity (Wildman–Crippen MR) is 111 cm³/mol. The Kier molecular flexibility index (Phi) is 6.87. The molecule has 0 saturated heterocycles. The normalized spacial score (nSPS) is 11.2. The third-order valence-corrected chi connectivity index (χ3v) is 4.81. The van der Waals surface area contributed by atoms with E-state index in [2.05, 4.69) is 15.3 Å². The van der Waals surface area contributed by atoms with Crippen LogP contribution in [0.2, 0.25) is 10.0 Å². The molecule has 1 N–H and O–H groups in total. The van der Waals surface area contributed by atoms with Gasteiger partial charge in [0.25, 0.3) is 0 Å². The van der Waals surface area contributed by atoms with Gasteiger partial charge in [-0.05, 0) is 17.7 Å². The van der Waals surface area contributed by atoms with Crippen molar-refractivity contribution in [1.82, 2.24) is 14.9 Å². The van der Waals surface area contributed by atoms with Gasteiger partial charge >= 0.3 is 12.3 Å². The number of nitrogens with zero attached hydrogens (tertiary/aromatic N) is 3. The van der Waals surface area contributed by atoms with Gasteiger partial charge in [0.15, 0.2) is 11.4 Å². The van der Waals surface area contributed by atoms with E-state index in [0.717, 1.165) is 16.7 Å². The van der Waals surface area contributed by atoms with Crippen LogP contribution in [0, 0.1) is 0 Å². The fourth-order valence-corrected chi connectivity index (χ4v) is 2.87. The SMILES string of the molecule is CN(Cc1ccccc1)C(=O)Oc1cnc(Nc2cccc(Cl)c2Cl)nc1C(F)(F)F. The van der Waals surface area contributed by atoms with Crippen molar-refractivity contribution < 1.29 is 22.7 Å². The van der Waals surface area contributed by atoms with Crippen molar-refractivity contribution in [2.24, 2.45) is 0 Å². The van der Waals surface area contributed by atoms with Crippen LogP contribution in [-0.2, 0) is 12.7 Å². The molecule has 0 aliphatic heterocycles. The highest BCUT2D eigenvalue weighted by Crippen LogP contribution is 2.36. The summed E-state index contributed by atoms with van der Waals surface area (Å²) >= 11 is 11.9. The predicted octanol–water partition coefficient (Wildman–Crippen LogP) is 6.18. The highest BCUT2D eigenvalue weighted by molar-refractivity contribution is 6.43. The molecular formula is C20H15Cl2F3N4O2. The van der Waals surface area contributed by atoms with Crippen LogP contribution in [0.4, 0.5) is 29.6 Å². The standard InChI is InChI=1S/C20H15Cl2F3N4O2/c1-29(11-12-6-3-2-4-7-12)19(30)31-15-10-26-18(28-17(15)20(23,24)25)27-14-9-5-8-13(21)16(14)22/h2-10H,11H2,1H3,(H,26,27,28). The molecule has 3 aromatic rings. The maximum atomic E-state index is 13.5. The Morgan fingerprint density at radius 2 is 1.84 bits per heavy atom. The summed E-state index contributed by atoms with van der Waals surface area (Å²) < 4.78 is 45.5. The summed E-state index contributed by atoms with van der Waals surface area (Å²) in [6.07, 6.45) is -5.12. The molecule has 0 bridgehead atoms. The highest BCUT2D eigenvalue weighted by Gasteiger charge is 2.38. The quantitative estimate of drug-likeness (QED) is 0.482. The lowest BCUT2D eigenvalue weighted by molar-refractivity contribution is -0.142. The van der Waals surface area contributed by atoms with E-state index in [0.29, 0.717) is 0 Å². The lowest BCUT2D eigenvalue weighted by Crippen LogP contribution is -2.30. The average Bonchev–Trinajstić information content (AvgIpc) is 2.72. The summed E-state index contributed by atoms with van der Waals surface area (Å²) in [5.41, 5.74) is -0.411. The number of carbonyl (C=O) groups excluding carboxylic acids is 1. The molecule has 162 valence electrons. The Morgan fingerprint density at radius 3 is 2.52 bits per heavy atom. The van der Waals surface area contributed by atoms with Crippen LogP contribution >= 0.6 is 23.2 Å². The molecule has 31 heavy (non-hydrogen) atoms. The van der Waals surface area contributed by atoms with E-state index in [4.69, 9.17) is 27.9 Å². The molecule has 0 fully saturated rings. The highest BCUT2D eigenvalue weighted by atomic mass is 35.5. The molecule has 0 radical (unpaired) electrons. The van der Waals surface area contributed by atoms with Gasteiger partial charge in [0.05, 0.1) is 21.9 Å². The maximum Gasteiger partial charge on any atom is 0.437 e. The summed E-state index contributed by atoms with van der Waals surface area (Å²) in [6.45, 7) is 0.148. The summed E-state index contributed by atoms with van der Waals surface area (Å²) in [5, 5.41) is 2.87. The topological polar surface area (TPSA) is 67.4 Å². The number of hydrogen-bond donors (Lipinski definition) is 1. The van der Waals surface area contributed by atoms with E-state index in [1.165, 1.54) is 19.2 Å². The molecule has 0 aliphatic rings. The zero-order chi connectivity index (χ0) is 22.6. The van der Waals surface area contributed by atoms with E-state index in [1.54, 1.807) is 36.4 Å². The minimum absolute atomic E-state index is 0.0966. The van der Waals surface area contributed by atoms with Crippen LogP contribution in [-0.4, -0.2) is 28.0 Å². The minimum atomic E-state index is -4.90. The molecule has 0 aliphatic carbocycles. The minimum Gasteiger partial charge on any atom is -0.406 e. The fraction of sp³-hybridized carbons (Fsp3) is 0.150. The zero-order valence-corrected chi connectivity index (χ0v) is 17.5.